The van der Waals surface area contributed by atoms with E-state index in [1.54, 1.807) is 7.11 Å². The van der Waals surface area contributed by atoms with E-state index in [0.29, 0.717) is 19.7 Å². The Bertz CT molecular complexity index is 1350. The predicted octanol–water partition coefficient (Wildman–Crippen LogP) is 4.22. The van der Waals surface area contributed by atoms with Gasteiger partial charge in [-0.3, -0.25) is 9.69 Å². The summed E-state index contributed by atoms with van der Waals surface area (Å²) in [5.74, 6) is 1.01. The van der Waals surface area contributed by atoms with Crippen molar-refractivity contribution in [1.82, 2.24) is 30.1 Å². The first-order chi connectivity index (χ1) is 17.4. The summed E-state index contributed by atoms with van der Waals surface area (Å²) < 4.78 is 7.09. The molecule has 0 bridgehead atoms. The summed E-state index contributed by atoms with van der Waals surface area (Å²) in [5.41, 5.74) is 5.17. The fourth-order valence-corrected chi connectivity index (χ4v) is 4.74. The zero-order valence-electron chi connectivity index (χ0n) is 21.9. The van der Waals surface area contributed by atoms with E-state index in [9.17, 15) is 4.79 Å². The molecule has 8 nitrogen and oxygen atoms in total. The van der Waals surface area contributed by atoms with Gasteiger partial charge in [0.15, 0.2) is 5.82 Å². The van der Waals surface area contributed by atoms with Crippen molar-refractivity contribution in [2.24, 2.45) is 5.92 Å². The van der Waals surface area contributed by atoms with Gasteiger partial charge in [0.05, 0.1) is 19.2 Å². The van der Waals surface area contributed by atoms with Crippen molar-refractivity contribution in [2.45, 2.75) is 53.2 Å². The zero-order chi connectivity index (χ0) is 25.7. The van der Waals surface area contributed by atoms with Gasteiger partial charge in [0.2, 0.25) is 0 Å². The number of aryl methyl sites for hydroxylation is 2. The van der Waals surface area contributed by atoms with Crippen LogP contribution < -0.4 is 5.56 Å². The molecule has 8 heteroatoms. The fraction of sp³-hybridized carbons (Fsp3) is 0.429. The van der Waals surface area contributed by atoms with Crippen molar-refractivity contribution in [3.8, 4) is 0 Å². The number of aromatic amines is 1. The van der Waals surface area contributed by atoms with Crippen LogP contribution in [0.25, 0.3) is 10.9 Å². The maximum atomic E-state index is 13.2. The molecule has 0 saturated heterocycles. The van der Waals surface area contributed by atoms with Crippen LogP contribution in [0, 0.1) is 19.8 Å². The van der Waals surface area contributed by atoms with E-state index in [1.807, 2.05) is 22.9 Å². The molecule has 0 aliphatic rings. The van der Waals surface area contributed by atoms with Crippen molar-refractivity contribution >= 4 is 10.9 Å². The second kappa shape index (κ2) is 11.6. The second-order valence-corrected chi connectivity index (χ2v) is 9.80. The van der Waals surface area contributed by atoms with Gasteiger partial charge in [-0.15, -0.1) is 5.10 Å². The number of ether oxygens (including phenoxy) is 1. The first-order valence-electron chi connectivity index (χ1n) is 12.5. The van der Waals surface area contributed by atoms with Crippen LogP contribution in [0.4, 0.5) is 0 Å². The highest BCUT2D eigenvalue weighted by Gasteiger charge is 2.29. The molecule has 190 valence electrons. The van der Waals surface area contributed by atoms with Crippen LogP contribution in [0.2, 0.25) is 0 Å². The SMILES string of the molecule is COCCn1nnnc1[C@@H](C(C)C)N(CCc1ccccc1)Cc1cc2cc(C)c(C)cc2[nH]c1=O. The maximum Gasteiger partial charge on any atom is 0.252 e. The van der Waals surface area contributed by atoms with Crippen molar-refractivity contribution in [3.63, 3.8) is 0 Å². The third-order valence-electron chi connectivity index (χ3n) is 6.80. The topological polar surface area (TPSA) is 88.9 Å². The number of rotatable bonds is 11. The van der Waals surface area contributed by atoms with Gasteiger partial charge in [-0.25, -0.2) is 4.68 Å². The molecule has 36 heavy (non-hydrogen) atoms. The number of methoxy groups -OCH3 is 1. The molecule has 0 unspecified atom stereocenters. The number of hydrogen-bond acceptors (Lipinski definition) is 6. The highest BCUT2D eigenvalue weighted by Crippen LogP contribution is 2.29. The quantitative estimate of drug-likeness (QED) is 0.340. The second-order valence-electron chi connectivity index (χ2n) is 9.80. The summed E-state index contributed by atoms with van der Waals surface area (Å²) >= 11 is 0. The van der Waals surface area contributed by atoms with Crippen LogP contribution in [-0.4, -0.2) is 50.4 Å². The lowest BCUT2D eigenvalue weighted by Gasteiger charge is -2.33. The lowest BCUT2D eigenvalue weighted by molar-refractivity contribution is 0.130. The molecule has 4 rings (SSSR count). The number of benzene rings is 2. The molecule has 0 radical (unpaired) electrons. The molecule has 1 atom stereocenters. The van der Waals surface area contributed by atoms with E-state index in [1.165, 1.54) is 11.1 Å². The molecule has 0 aliphatic heterocycles. The van der Waals surface area contributed by atoms with E-state index in [-0.39, 0.29) is 17.5 Å². The maximum absolute atomic E-state index is 13.2. The van der Waals surface area contributed by atoms with Gasteiger partial charge in [-0.2, -0.15) is 0 Å². The van der Waals surface area contributed by atoms with E-state index in [4.69, 9.17) is 4.74 Å². The molecule has 2 aromatic heterocycles. The number of nitrogens with one attached hydrogen (secondary N) is 1. The lowest BCUT2D eigenvalue weighted by atomic mass is 9.99. The Morgan fingerprint density at radius 1 is 1.08 bits per heavy atom. The molecule has 4 aromatic rings. The molecule has 0 amide bonds. The summed E-state index contributed by atoms with van der Waals surface area (Å²) in [6.45, 7) is 10.9. The Morgan fingerprint density at radius 3 is 2.56 bits per heavy atom. The molecule has 2 heterocycles. The Labute approximate surface area is 212 Å². The number of aromatic nitrogens is 5. The van der Waals surface area contributed by atoms with Gasteiger partial charge in [-0.1, -0.05) is 44.2 Å². The Kier molecular flexibility index (Phi) is 8.28. The Balaban J connectivity index is 1.72. The Morgan fingerprint density at radius 2 is 1.83 bits per heavy atom. The standard InChI is InChI=1S/C28H36N6O2/c1-19(2)26(27-30-31-32-34(27)13-14-36-5)33(12-11-22-9-7-6-8-10-22)18-24-17-23-15-20(3)21(4)16-25(23)29-28(24)35/h6-10,15-17,19,26H,11-14,18H2,1-5H3,(H,29,35)/t26-/m1/s1. The van der Waals surface area contributed by atoms with E-state index in [2.05, 4.69) is 83.4 Å². The number of H-pyrrole nitrogens is 1. The summed E-state index contributed by atoms with van der Waals surface area (Å²) in [4.78, 5) is 18.6. The molecule has 0 aliphatic carbocycles. The minimum atomic E-state index is -0.0737. The number of hydrogen-bond donors (Lipinski definition) is 1. The monoisotopic (exact) mass is 488 g/mol. The van der Waals surface area contributed by atoms with Crippen molar-refractivity contribution in [3.05, 3.63) is 87.0 Å². The van der Waals surface area contributed by atoms with Gasteiger partial charge in [0.25, 0.3) is 5.56 Å². The van der Waals surface area contributed by atoms with Crippen LogP contribution in [0.1, 0.15) is 48.0 Å². The first-order valence-corrected chi connectivity index (χ1v) is 12.5. The third-order valence-corrected chi connectivity index (χ3v) is 6.80. The minimum Gasteiger partial charge on any atom is -0.383 e. The van der Waals surface area contributed by atoms with E-state index in [0.717, 1.165) is 40.8 Å². The highest BCUT2D eigenvalue weighted by atomic mass is 16.5. The van der Waals surface area contributed by atoms with Gasteiger partial charge >= 0.3 is 0 Å². The summed E-state index contributed by atoms with van der Waals surface area (Å²) in [5, 5.41) is 13.7. The number of pyridine rings is 1. The molecule has 0 saturated carbocycles. The van der Waals surface area contributed by atoms with Crippen LogP contribution in [0.5, 0.6) is 0 Å². The van der Waals surface area contributed by atoms with Gasteiger partial charge in [0, 0.05) is 31.3 Å². The van der Waals surface area contributed by atoms with E-state index >= 15 is 0 Å². The van der Waals surface area contributed by atoms with Crippen molar-refractivity contribution in [2.75, 3.05) is 20.3 Å². The van der Waals surface area contributed by atoms with Gasteiger partial charge in [-0.05, 0) is 76.9 Å². The number of nitrogens with zero attached hydrogens (tertiary/aromatic N) is 5. The minimum absolute atomic E-state index is 0.0584. The van der Waals surface area contributed by atoms with Gasteiger partial charge < -0.3 is 9.72 Å². The molecule has 0 spiro atoms. The molecule has 0 fully saturated rings. The van der Waals surface area contributed by atoms with Crippen molar-refractivity contribution in [1.29, 1.82) is 0 Å². The molecule has 1 N–H and O–H groups in total. The molecule has 2 aromatic carbocycles. The van der Waals surface area contributed by atoms with Crippen LogP contribution in [0.15, 0.2) is 53.3 Å². The zero-order valence-corrected chi connectivity index (χ0v) is 21.9. The average Bonchev–Trinajstić information content (AvgIpc) is 3.31. The normalized spacial score (nSPS) is 12.6. The molecular weight excluding hydrogens is 452 g/mol. The van der Waals surface area contributed by atoms with Crippen LogP contribution in [0.3, 0.4) is 0 Å². The summed E-state index contributed by atoms with van der Waals surface area (Å²) in [6, 6.07) is 16.6. The first kappa shape index (κ1) is 25.7. The smallest absolute Gasteiger partial charge is 0.252 e. The largest absolute Gasteiger partial charge is 0.383 e. The number of tetrazole rings is 1. The van der Waals surface area contributed by atoms with Gasteiger partial charge in [0.1, 0.15) is 0 Å². The summed E-state index contributed by atoms with van der Waals surface area (Å²) in [7, 11) is 1.67. The number of fused-ring (bicyclic) bond motifs is 1. The average molecular weight is 489 g/mol. The van der Waals surface area contributed by atoms with E-state index < -0.39 is 0 Å². The van der Waals surface area contributed by atoms with Crippen molar-refractivity contribution < 1.29 is 4.74 Å². The van der Waals surface area contributed by atoms with Crippen LogP contribution in [-0.2, 0) is 24.2 Å². The molecular formula is C28H36N6O2. The Hall–Kier alpha value is -3.36. The lowest BCUT2D eigenvalue weighted by Crippen LogP contribution is -2.37. The predicted molar refractivity (Wildman–Crippen MR) is 142 cm³/mol. The summed E-state index contributed by atoms with van der Waals surface area (Å²) in [6.07, 6.45) is 0.855. The third kappa shape index (κ3) is 5.88. The fourth-order valence-electron chi connectivity index (χ4n) is 4.74. The van der Waals surface area contributed by atoms with Crippen LogP contribution >= 0.6 is 0 Å². The highest BCUT2D eigenvalue weighted by molar-refractivity contribution is 5.80.